The van der Waals surface area contributed by atoms with Gasteiger partial charge < -0.3 is 9.84 Å². The summed E-state index contributed by atoms with van der Waals surface area (Å²) in [4.78, 5) is 0. The fraction of sp³-hybridized carbons (Fsp3) is 0.538. The van der Waals surface area contributed by atoms with E-state index in [9.17, 15) is 22.7 Å². The van der Waals surface area contributed by atoms with E-state index in [0.29, 0.717) is 5.56 Å². The molecule has 1 rings (SSSR count). The normalized spacial score (nSPS) is 13.9. The molecule has 0 saturated carbocycles. The van der Waals surface area contributed by atoms with E-state index in [2.05, 4.69) is 4.74 Å². The van der Waals surface area contributed by atoms with Crippen LogP contribution < -0.4 is 0 Å². The minimum Gasteiger partial charge on any atom is -0.386 e. The fourth-order valence-electron chi connectivity index (χ4n) is 1.67. The molecule has 1 unspecified atom stereocenters. The highest BCUT2D eigenvalue weighted by molar-refractivity contribution is 5.29. The van der Waals surface area contributed by atoms with Gasteiger partial charge in [0.2, 0.25) is 0 Å². The fourth-order valence-corrected chi connectivity index (χ4v) is 1.67. The molecule has 1 aromatic carbocycles. The van der Waals surface area contributed by atoms with Crippen LogP contribution in [0.4, 0.5) is 17.6 Å². The lowest BCUT2D eigenvalue weighted by molar-refractivity contribution is -0.170. The monoisotopic (exact) mass is 280 g/mol. The highest BCUT2D eigenvalue weighted by Gasteiger charge is 2.41. The Balaban J connectivity index is 2.54. The minimum atomic E-state index is -4.19. The summed E-state index contributed by atoms with van der Waals surface area (Å²) in [5.74, 6) is -4.19. The molecule has 19 heavy (non-hydrogen) atoms. The van der Waals surface area contributed by atoms with Crippen LogP contribution in [-0.4, -0.2) is 30.7 Å². The van der Waals surface area contributed by atoms with Gasteiger partial charge in [-0.05, 0) is 19.4 Å². The molecule has 2 nitrogen and oxygen atoms in total. The molecule has 0 aliphatic carbocycles. The average molecular weight is 280 g/mol. The lowest BCUT2D eigenvalue weighted by atomic mass is 10.0. The number of rotatable bonds is 6. The summed E-state index contributed by atoms with van der Waals surface area (Å²) in [7, 11) is 0. The summed E-state index contributed by atoms with van der Waals surface area (Å²) >= 11 is 0. The maximum Gasteiger partial charge on any atom is 0.330 e. The first kappa shape index (κ1) is 15.9. The van der Waals surface area contributed by atoms with Crippen LogP contribution in [0.3, 0.4) is 0 Å². The predicted octanol–water partition coefficient (Wildman–Crippen LogP) is 3.25. The van der Waals surface area contributed by atoms with E-state index in [0.717, 1.165) is 11.1 Å². The quantitative estimate of drug-likeness (QED) is 0.810. The van der Waals surface area contributed by atoms with Crippen molar-refractivity contribution >= 4 is 0 Å². The second-order valence-electron chi connectivity index (χ2n) is 4.51. The van der Waals surface area contributed by atoms with E-state index in [1.807, 2.05) is 19.9 Å². The first-order chi connectivity index (χ1) is 8.72. The van der Waals surface area contributed by atoms with Crippen LogP contribution in [0.15, 0.2) is 18.2 Å². The van der Waals surface area contributed by atoms with Gasteiger partial charge in [-0.15, -0.1) is 0 Å². The first-order valence-electron chi connectivity index (χ1n) is 5.72. The first-order valence-corrected chi connectivity index (χ1v) is 5.72. The number of aliphatic hydroxyl groups is 1. The number of aliphatic hydroxyl groups excluding tert-OH is 1. The summed E-state index contributed by atoms with van der Waals surface area (Å²) < 4.78 is 53.4. The van der Waals surface area contributed by atoms with Gasteiger partial charge in [0.1, 0.15) is 12.7 Å². The zero-order valence-electron chi connectivity index (χ0n) is 10.7. The van der Waals surface area contributed by atoms with E-state index in [1.165, 1.54) is 0 Å². The maximum atomic E-state index is 12.6. The number of aryl methyl sites for hydroxylation is 2. The van der Waals surface area contributed by atoms with Crippen molar-refractivity contribution < 1.29 is 27.4 Å². The van der Waals surface area contributed by atoms with Crippen LogP contribution in [0.25, 0.3) is 0 Å². The van der Waals surface area contributed by atoms with E-state index in [1.54, 1.807) is 12.1 Å². The minimum absolute atomic E-state index is 0.453. The number of ether oxygens (including phenoxy) is 1. The molecule has 0 bridgehead atoms. The molecule has 0 saturated heterocycles. The Labute approximate surface area is 109 Å². The van der Waals surface area contributed by atoms with Gasteiger partial charge in [-0.2, -0.15) is 8.78 Å². The maximum absolute atomic E-state index is 12.6. The van der Waals surface area contributed by atoms with Gasteiger partial charge in [0, 0.05) is 0 Å². The van der Waals surface area contributed by atoms with Crippen LogP contribution >= 0.6 is 0 Å². The Morgan fingerprint density at radius 2 is 1.68 bits per heavy atom. The van der Waals surface area contributed by atoms with Crippen molar-refractivity contribution in [3.63, 3.8) is 0 Å². The standard InChI is InChI=1S/C13H16F4O2/c1-8-3-9(2)5-10(4-8)11(18)6-19-7-13(16,17)12(14)15/h3-5,11-12,18H,6-7H2,1-2H3. The Morgan fingerprint density at radius 1 is 1.16 bits per heavy atom. The average Bonchev–Trinajstić information content (AvgIpc) is 2.27. The SMILES string of the molecule is Cc1cc(C)cc(C(O)COCC(F)(F)C(F)F)c1. The van der Waals surface area contributed by atoms with Crippen molar-refractivity contribution in [2.75, 3.05) is 13.2 Å². The molecule has 0 aromatic heterocycles. The van der Waals surface area contributed by atoms with Gasteiger partial charge in [-0.1, -0.05) is 29.3 Å². The molecule has 108 valence electrons. The molecule has 0 spiro atoms. The topological polar surface area (TPSA) is 29.5 Å². The van der Waals surface area contributed by atoms with Gasteiger partial charge in [0.25, 0.3) is 0 Å². The van der Waals surface area contributed by atoms with E-state index < -0.39 is 31.7 Å². The third-order valence-corrected chi connectivity index (χ3v) is 2.52. The summed E-state index contributed by atoms with van der Waals surface area (Å²) in [6.45, 7) is 1.79. The van der Waals surface area contributed by atoms with E-state index in [-0.39, 0.29) is 0 Å². The lowest BCUT2D eigenvalue weighted by Gasteiger charge is -2.17. The van der Waals surface area contributed by atoms with Gasteiger partial charge >= 0.3 is 12.3 Å². The second-order valence-corrected chi connectivity index (χ2v) is 4.51. The van der Waals surface area contributed by atoms with Gasteiger partial charge in [0.05, 0.1) is 6.61 Å². The van der Waals surface area contributed by atoms with Crippen molar-refractivity contribution in [2.24, 2.45) is 0 Å². The van der Waals surface area contributed by atoms with Crippen LogP contribution in [0.2, 0.25) is 0 Å². The number of hydrogen-bond donors (Lipinski definition) is 1. The summed E-state index contributed by atoms with van der Waals surface area (Å²) in [6, 6.07) is 5.26. The highest BCUT2D eigenvalue weighted by atomic mass is 19.3. The molecule has 0 amide bonds. The van der Waals surface area contributed by atoms with Crippen LogP contribution in [0.5, 0.6) is 0 Å². The van der Waals surface area contributed by atoms with E-state index >= 15 is 0 Å². The lowest BCUT2D eigenvalue weighted by Crippen LogP contribution is -2.33. The molecular weight excluding hydrogens is 264 g/mol. The number of benzene rings is 1. The molecule has 0 radical (unpaired) electrons. The van der Waals surface area contributed by atoms with Crippen molar-refractivity contribution in [1.82, 2.24) is 0 Å². The van der Waals surface area contributed by atoms with Gasteiger partial charge in [-0.25, -0.2) is 8.78 Å². The van der Waals surface area contributed by atoms with Crippen LogP contribution in [0, 0.1) is 13.8 Å². The van der Waals surface area contributed by atoms with Crippen LogP contribution in [0.1, 0.15) is 22.8 Å². The molecule has 0 heterocycles. The van der Waals surface area contributed by atoms with E-state index in [4.69, 9.17) is 0 Å². The van der Waals surface area contributed by atoms with Crippen molar-refractivity contribution in [3.8, 4) is 0 Å². The largest absolute Gasteiger partial charge is 0.386 e. The van der Waals surface area contributed by atoms with Crippen molar-refractivity contribution in [1.29, 1.82) is 0 Å². The highest BCUT2D eigenvalue weighted by Crippen LogP contribution is 2.24. The molecule has 0 aliphatic heterocycles. The number of halogens is 4. The zero-order valence-corrected chi connectivity index (χ0v) is 10.7. The molecule has 0 fully saturated rings. The van der Waals surface area contributed by atoms with Gasteiger partial charge in [-0.3, -0.25) is 0 Å². The zero-order chi connectivity index (χ0) is 14.6. The Kier molecular flexibility index (Phi) is 5.31. The Hall–Kier alpha value is -1.14. The Bertz CT molecular complexity index is 401. The third kappa shape index (κ3) is 4.80. The second kappa shape index (κ2) is 6.34. The number of alkyl halides is 4. The van der Waals surface area contributed by atoms with Gasteiger partial charge in [0.15, 0.2) is 0 Å². The molecule has 0 aliphatic rings. The number of hydrogen-bond acceptors (Lipinski definition) is 2. The molecule has 1 atom stereocenters. The molecule has 1 aromatic rings. The summed E-state index contributed by atoms with van der Waals surface area (Å²) in [5, 5.41) is 9.75. The summed E-state index contributed by atoms with van der Waals surface area (Å²) in [6.07, 6.45) is -4.89. The van der Waals surface area contributed by atoms with Crippen LogP contribution in [-0.2, 0) is 4.74 Å². The van der Waals surface area contributed by atoms with Crippen molar-refractivity contribution in [2.45, 2.75) is 32.3 Å². The molecule has 6 heteroatoms. The Morgan fingerprint density at radius 3 is 2.16 bits per heavy atom. The summed E-state index contributed by atoms with van der Waals surface area (Å²) in [5.41, 5.74) is 2.33. The smallest absolute Gasteiger partial charge is 0.330 e. The van der Waals surface area contributed by atoms with Crippen molar-refractivity contribution in [3.05, 3.63) is 34.9 Å². The third-order valence-electron chi connectivity index (χ3n) is 2.52. The molecular formula is C13H16F4O2. The predicted molar refractivity (Wildman–Crippen MR) is 62.6 cm³/mol. The molecule has 1 N–H and O–H groups in total.